The number of hydrogen-bond acceptors (Lipinski definition) is 11. The average molecular weight is 462 g/mol. The topological polar surface area (TPSA) is 56.4 Å². The van der Waals surface area contributed by atoms with E-state index < -0.39 is 0 Å². The van der Waals surface area contributed by atoms with Gasteiger partial charge < -0.3 is 18.9 Å². The molecule has 0 aromatic rings. The number of nitrogens with zero attached hydrogens (tertiary/aromatic N) is 6. The smallest absolute Gasteiger partial charge is 0.214 e. The number of morpholine rings is 4. The van der Waals surface area contributed by atoms with E-state index in [4.69, 9.17) is 43.8 Å². The number of ether oxygens (including phenoxy) is 4. The molecule has 0 saturated carbocycles. The first-order valence-corrected chi connectivity index (χ1v) is 11.6. The number of thiocarbonyl (C=S) groups is 1. The van der Waals surface area contributed by atoms with Crippen LogP contribution in [0.3, 0.4) is 0 Å². The zero-order chi connectivity index (χ0) is 20.8. The second-order valence-corrected chi connectivity index (χ2v) is 8.63. The van der Waals surface area contributed by atoms with Gasteiger partial charge in [0.25, 0.3) is 0 Å². The van der Waals surface area contributed by atoms with Gasteiger partial charge in [-0.25, -0.2) is 20.0 Å². The van der Waals surface area contributed by atoms with E-state index in [0.29, 0.717) is 57.1 Å². The molecule has 0 amide bonds. The Morgan fingerprint density at radius 3 is 0.967 bits per heavy atom. The van der Waals surface area contributed by atoms with Crippen LogP contribution < -0.4 is 0 Å². The summed E-state index contributed by atoms with van der Waals surface area (Å²) < 4.78 is 23.1. The van der Waals surface area contributed by atoms with Crippen molar-refractivity contribution in [3.63, 3.8) is 0 Å². The first-order valence-electron chi connectivity index (χ1n) is 10.8. The fourth-order valence-corrected chi connectivity index (χ4v) is 4.46. The highest BCUT2D eigenvalue weighted by atomic mass is 32.1. The van der Waals surface area contributed by atoms with Crippen LogP contribution in [0.2, 0.25) is 0 Å². The lowest BCUT2D eigenvalue weighted by Crippen LogP contribution is -2.70. The Hall–Kier alpha value is 0.0400. The van der Waals surface area contributed by atoms with Crippen LogP contribution in [0.15, 0.2) is 0 Å². The number of hydrazine groups is 4. The first kappa shape index (κ1) is 23.2. The van der Waals surface area contributed by atoms with Gasteiger partial charge in [0.05, 0.1) is 57.1 Å². The van der Waals surface area contributed by atoms with E-state index in [2.05, 4.69) is 30.3 Å². The fourth-order valence-electron chi connectivity index (χ4n) is 4.12. The van der Waals surface area contributed by atoms with Crippen LogP contribution >= 0.6 is 24.8 Å². The minimum atomic E-state index is 0.561. The molecular formula is C18H33N6O4S2. The molecule has 0 atom stereocenters. The summed E-state index contributed by atoms with van der Waals surface area (Å²) in [7, 11) is 0. The highest BCUT2D eigenvalue weighted by Gasteiger charge is 2.43. The Balaban J connectivity index is 1.66. The monoisotopic (exact) mass is 461 g/mol. The standard InChI is InChI=1S/C18H33N6O4S2/c29-18(30)17(23(19-1-9-25-10-2-19)20-3-11-26-12-4-20)24(21-5-13-27-14-6-21)22-7-15-28-16-8-22/h1-16H2,(H,29,30). The predicted molar refractivity (Wildman–Crippen MR) is 118 cm³/mol. The zero-order valence-corrected chi connectivity index (χ0v) is 19.2. The Bertz CT molecular complexity index is 465. The molecule has 4 aliphatic rings. The maximum Gasteiger partial charge on any atom is 0.214 e. The van der Waals surface area contributed by atoms with E-state index in [9.17, 15) is 0 Å². The molecule has 4 aliphatic heterocycles. The van der Waals surface area contributed by atoms with E-state index in [1.807, 2.05) is 0 Å². The molecule has 0 aromatic carbocycles. The summed E-state index contributed by atoms with van der Waals surface area (Å²) >= 11 is 10.5. The van der Waals surface area contributed by atoms with Gasteiger partial charge in [-0.05, 0) is 0 Å². The summed E-state index contributed by atoms with van der Waals surface area (Å²) in [5, 5.41) is 13.8. The molecule has 12 heteroatoms. The van der Waals surface area contributed by atoms with Crippen LogP contribution in [-0.2, 0) is 18.9 Å². The first-order chi connectivity index (χ1) is 14.8. The van der Waals surface area contributed by atoms with Crippen molar-refractivity contribution in [3.8, 4) is 0 Å². The molecule has 4 heterocycles. The van der Waals surface area contributed by atoms with Gasteiger partial charge >= 0.3 is 0 Å². The molecule has 4 fully saturated rings. The quantitative estimate of drug-likeness (QED) is 0.388. The van der Waals surface area contributed by atoms with Gasteiger partial charge in [-0.1, -0.05) is 12.2 Å². The van der Waals surface area contributed by atoms with Crippen molar-refractivity contribution in [2.45, 2.75) is 0 Å². The van der Waals surface area contributed by atoms with Crippen molar-refractivity contribution in [3.05, 3.63) is 6.17 Å². The van der Waals surface area contributed by atoms with Gasteiger partial charge in [-0.2, -0.15) is 0 Å². The molecule has 0 aliphatic carbocycles. The number of thiol groups is 1. The molecule has 0 bridgehead atoms. The van der Waals surface area contributed by atoms with Crippen molar-refractivity contribution in [1.82, 2.24) is 30.3 Å². The SMILES string of the molecule is S=C(S)[C](N(N1CCOCC1)N1CCOCC1)N(N1CCOCC1)N1CCOCC1. The summed E-state index contributed by atoms with van der Waals surface area (Å²) in [4.78, 5) is 0. The predicted octanol–water partition coefficient (Wildman–Crippen LogP) is -0.674. The number of hydrogen-bond donors (Lipinski definition) is 1. The third-order valence-electron chi connectivity index (χ3n) is 5.59. The third-order valence-corrected chi connectivity index (χ3v) is 5.97. The van der Waals surface area contributed by atoms with Gasteiger partial charge in [0, 0.05) is 52.4 Å². The van der Waals surface area contributed by atoms with Gasteiger partial charge in [0.2, 0.25) is 6.17 Å². The van der Waals surface area contributed by atoms with Crippen LogP contribution in [0.25, 0.3) is 0 Å². The second kappa shape index (κ2) is 11.8. The Labute approximate surface area is 189 Å². The summed E-state index contributed by atoms with van der Waals surface area (Å²) in [5.74, 6) is 0. The minimum absolute atomic E-state index is 0.561. The van der Waals surface area contributed by atoms with Gasteiger partial charge in [0.1, 0.15) is 0 Å². The third kappa shape index (κ3) is 5.69. The van der Waals surface area contributed by atoms with Crippen LogP contribution in [0.1, 0.15) is 0 Å². The molecule has 171 valence electrons. The van der Waals surface area contributed by atoms with Crippen molar-refractivity contribution in [2.24, 2.45) is 0 Å². The highest BCUT2D eigenvalue weighted by molar-refractivity contribution is 8.11. The molecular weight excluding hydrogens is 428 g/mol. The average Bonchev–Trinajstić information content (AvgIpc) is 2.81. The summed E-state index contributed by atoms with van der Waals surface area (Å²) in [6.45, 7) is 12.0. The van der Waals surface area contributed by atoms with Crippen LogP contribution in [0, 0.1) is 6.17 Å². The summed E-state index contributed by atoms with van der Waals surface area (Å²) in [6, 6.07) is 0. The van der Waals surface area contributed by atoms with E-state index in [1.54, 1.807) is 0 Å². The van der Waals surface area contributed by atoms with E-state index in [-0.39, 0.29) is 0 Å². The maximum atomic E-state index is 5.76. The lowest BCUT2D eigenvalue weighted by atomic mass is 10.4. The number of rotatable bonds is 7. The Morgan fingerprint density at radius 1 is 0.533 bits per heavy atom. The molecule has 30 heavy (non-hydrogen) atoms. The molecule has 4 rings (SSSR count). The van der Waals surface area contributed by atoms with E-state index >= 15 is 0 Å². The fraction of sp³-hybridized carbons (Fsp3) is 0.889. The highest BCUT2D eigenvalue weighted by Crippen LogP contribution is 2.29. The molecule has 0 spiro atoms. The van der Waals surface area contributed by atoms with Crippen LogP contribution in [0.4, 0.5) is 0 Å². The van der Waals surface area contributed by atoms with Crippen molar-refractivity contribution >= 4 is 29.0 Å². The normalized spacial score (nSPS) is 26.7. The summed E-state index contributed by atoms with van der Waals surface area (Å²) in [6.07, 6.45) is 0.890. The van der Waals surface area contributed by atoms with E-state index in [0.717, 1.165) is 58.5 Å². The molecule has 0 unspecified atom stereocenters. The van der Waals surface area contributed by atoms with Gasteiger partial charge in [0.15, 0.2) is 0 Å². The van der Waals surface area contributed by atoms with Crippen LogP contribution in [-0.4, -0.2) is 140 Å². The Morgan fingerprint density at radius 2 is 0.767 bits per heavy atom. The Kier molecular flexibility index (Phi) is 9.11. The molecule has 10 nitrogen and oxygen atoms in total. The van der Waals surface area contributed by atoms with Gasteiger partial charge in [-0.3, -0.25) is 0 Å². The maximum absolute atomic E-state index is 5.76. The summed E-state index contributed by atoms with van der Waals surface area (Å²) in [5.41, 5.74) is 0. The van der Waals surface area contributed by atoms with Crippen molar-refractivity contribution in [2.75, 3.05) is 105 Å². The van der Waals surface area contributed by atoms with Crippen molar-refractivity contribution in [1.29, 1.82) is 0 Å². The van der Waals surface area contributed by atoms with Gasteiger partial charge in [-0.15, -0.1) is 22.9 Å². The molecule has 0 N–H and O–H groups in total. The lowest BCUT2D eigenvalue weighted by Gasteiger charge is -2.54. The largest absolute Gasteiger partial charge is 0.379 e. The van der Waals surface area contributed by atoms with Crippen LogP contribution in [0.5, 0.6) is 0 Å². The van der Waals surface area contributed by atoms with E-state index in [1.165, 1.54) is 0 Å². The second-order valence-electron chi connectivity index (χ2n) is 7.47. The molecule has 4 saturated heterocycles. The van der Waals surface area contributed by atoms with Crippen molar-refractivity contribution < 1.29 is 18.9 Å². The zero-order valence-electron chi connectivity index (χ0n) is 17.5. The molecule has 0 aromatic heterocycles. The lowest BCUT2D eigenvalue weighted by molar-refractivity contribution is -0.291. The minimum Gasteiger partial charge on any atom is -0.379 e. The molecule has 1 radical (unpaired) electrons.